The van der Waals surface area contributed by atoms with E-state index in [9.17, 15) is 0 Å². The summed E-state index contributed by atoms with van der Waals surface area (Å²) in [6, 6.07) is 0. The van der Waals surface area contributed by atoms with Gasteiger partial charge in [0.05, 0.1) is 0 Å². The minimum atomic E-state index is 0.766. The Morgan fingerprint density at radius 2 is 2.10 bits per heavy atom. The summed E-state index contributed by atoms with van der Waals surface area (Å²) in [5.41, 5.74) is 0. The second kappa shape index (κ2) is 8.09. The first-order valence-corrected chi connectivity index (χ1v) is 6.61. The van der Waals surface area contributed by atoms with Crippen LogP contribution in [0.25, 0.3) is 0 Å². The molecule has 0 heterocycles. The molecule has 0 rings (SSSR count). The molecule has 0 saturated heterocycles. The summed E-state index contributed by atoms with van der Waals surface area (Å²) < 4.78 is 0. The van der Waals surface area contributed by atoms with Crippen molar-refractivity contribution >= 4 is 33.2 Å². The van der Waals surface area contributed by atoms with Gasteiger partial charge < -0.3 is 0 Å². The Bertz CT molecular complexity index is 68.6. The van der Waals surface area contributed by atoms with Gasteiger partial charge in [-0.1, -0.05) is 35.4 Å². The Kier molecular flexibility index (Phi) is 8.89. The first-order chi connectivity index (χ1) is 4.85. The van der Waals surface area contributed by atoms with E-state index in [0.717, 1.165) is 17.6 Å². The smallest absolute Gasteiger partial charge is 0.0234 e. The highest BCUT2D eigenvalue weighted by Crippen LogP contribution is 2.30. The highest BCUT2D eigenvalue weighted by atomic mass is 35.5. The predicted molar refractivity (Wildman–Crippen MR) is 55.1 cm³/mol. The highest BCUT2D eigenvalue weighted by molar-refractivity contribution is 8.76. The van der Waals surface area contributed by atoms with E-state index in [-0.39, 0.29) is 0 Å². The Morgan fingerprint density at radius 1 is 1.40 bits per heavy atom. The SMILES string of the molecule is CCSSC(CC)CCCl. The largest absolute Gasteiger partial charge is 0.127 e. The normalized spacial score (nSPS) is 13.5. The van der Waals surface area contributed by atoms with Gasteiger partial charge in [0.15, 0.2) is 0 Å². The lowest BCUT2D eigenvalue weighted by Crippen LogP contribution is -1.99. The van der Waals surface area contributed by atoms with Crippen LogP contribution in [0, 0.1) is 0 Å². The van der Waals surface area contributed by atoms with Crippen molar-refractivity contribution in [1.29, 1.82) is 0 Å². The molecular formula is C7H15ClS2. The standard InChI is InChI=1S/C7H15ClS2/c1-3-7(5-6-8)10-9-4-2/h7H,3-6H2,1-2H3. The minimum Gasteiger partial charge on any atom is -0.127 e. The maximum Gasteiger partial charge on any atom is 0.0234 e. The maximum atomic E-state index is 5.63. The topological polar surface area (TPSA) is 0 Å². The molecule has 0 bridgehead atoms. The summed E-state index contributed by atoms with van der Waals surface area (Å²) in [6.07, 6.45) is 2.39. The molecule has 0 aliphatic heterocycles. The van der Waals surface area contributed by atoms with Gasteiger partial charge in [-0.2, -0.15) is 0 Å². The molecule has 0 aliphatic rings. The van der Waals surface area contributed by atoms with Crippen molar-refractivity contribution in [2.45, 2.75) is 31.9 Å². The third kappa shape index (κ3) is 5.75. The van der Waals surface area contributed by atoms with Crippen LogP contribution in [-0.4, -0.2) is 16.9 Å². The number of halogens is 1. The molecule has 0 fully saturated rings. The molecule has 0 amide bonds. The van der Waals surface area contributed by atoms with Crippen molar-refractivity contribution in [3.05, 3.63) is 0 Å². The average molecular weight is 199 g/mol. The summed E-state index contributed by atoms with van der Waals surface area (Å²) in [7, 11) is 3.92. The first-order valence-electron chi connectivity index (χ1n) is 3.69. The van der Waals surface area contributed by atoms with Gasteiger partial charge in [-0.15, -0.1) is 11.6 Å². The van der Waals surface area contributed by atoms with E-state index in [1.165, 1.54) is 12.2 Å². The second-order valence-corrected chi connectivity index (χ2v) is 5.35. The van der Waals surface area contributed by atoms with Crippen LogP contribution in [0.2, 0.25) is 0 Å². The van der Waals surface area contributed by atoms with Crippen LogP contribution in [0.5, 0.6) is 0 Å². The number of rotatable bonds is 6. The van der Waals surface area contributed by atoms with Crippen molar-refractivity contribution in [1.82, 2.24) is 0 Å². The van der Waals surface area contributed by atoms with Crippen LogP contribution in [0.3, 0.4) is 0 Å². The van der Waals surface area contributed by atoms with E-state index in [0.29, 0.717) is 0 Å². The van der Waals surface area contributed by atoms with Crippen LogP contribution in [-0.2, 0) is 0 Å². The summed E-state index contributed by atoms with van der Waals surface area (Å²) >= 11 is 5.63. The first kappa shape index (κ1) is 11.0. The summed E-state index contributed by atoms with van der Waals surface area (Å²) in [5.74, 6) is 2.00. The molecule has 1 unspecified atom stereocenters. The Hall–Kier alpha value is 0.990. The molecule has 0 aromatic rings. The molecule has 0 N–H and O–H groups in total. The van der Waals surface area contributed by atoms with E-state index in [1.54, 1.807) is 0 Å². The third-order valence-electron chi connectivity index (χ3n) is 1.21. The fourth-order valence-electron chi connectivity index (χ4n) is 0.606. The van der Waals surface area contributed by atoms with Gasteiger partial charge >= 0.3 is 0 Å². The van der Waals surface area contributed by atoms with Crippen molar-refractivity contribution < 1.29 is 0 Å². The van der Waals surface area contributed by atoms with Crippen LogP contribution < -0.4 is 0 Å². The highest BCUT2D eigenvalue weighted by Gasteiger charge is 2.04. The van der Waals surface area contributed by atoms with Crippen molar-refractivity contribution in [2.24, 2.45) is 0 Å². The molecule has 0 aromatic carbocycles. The van der Waals surface area contributed by atoms with Crippen LogP contribution in [0.4, 0.5) is 0 Å². The van der Waals surface area contributed by atoms with Gasteiger partial charge in [-0.05, 0) is 12.8 Å². The summed E-state index contributed by atoms with van der Waals surface area (Å²) in [4.78, 5) is 0. The van der Waals surface area contributed by atoms with Crippen molar-refractivity contribution in [2.75, 3.05) is 11.6 Å². The molecule has 10 heavy (non-hydrogen) atoms. The number of alkyl halides is 1. The molecule has 62 valence electrons. The van der Waals surface area contributed by atoms with Crippen molar-refractivity contribution in [3.63, 3.8) is 0 Å². The second-order valence-electron chi connectivity index (χ2n) is 2.01. The fraction of sp³-hybridized carbons (Fsp3) is 1.00. The molecule has 1 atom stereocenters. The lowest BCUT2D eigenvalue weighted by molar-refractivity contribution is 0.801. The van der Waals surface area contributed by atoms with Gasteiger partial charge in [-0.3, -0.25) is 0 Å². The van der Waals surface area contributed by atoms with Gasteiger partial charge in [0, 0.05) is 16.9 Å². The third-order valence-corrected chi connectivity index (χ3v) is 4.57. The summed E-state index contributed by atoms with van der Waals surface area (Å²) in [5, 5.41) is 0.766. The molecule has 0 radical (unpaired) electrons. The number of hydrogen-bond acceptors (Lipinski definition) is 2. The molecule has 3 heteroatoms. The van der Waals surface area contributed by atoms with E-state index in [4.69, 9.17) is 11.6 Å². The maximum absolute atomic E-state index is 5.63. The van der Waals surface area contributed by atoms with E-state index < -0.39 is 0 Å². The van der Waals surface area contributed by atoms with Gasteiger partial charge in [0.2, 0.25) is 0 Å². The van der Waals surface area contributed by atoms with E-state index in [1.807, 2.05) is 21.6 Å². The van der Waals surface area contributed by atoms with E-state index in [2.05, 4.69) is 13.8 Å². The van der Waals surface area contributed by atoms with Crippen LogP contribution in [0.15, 0.2) is 0 Å². The Balaban J connectivity index is 3.21. The molecule has 0 spiro atoms. The average Bonchev–Trinajstić information content (AvgIpc) is 1.98. The molecule has 0 saturated carbocycles. The Morgan fingerprint density at radius 3 is 2.50 bits per heavy atom. The van der Waals surface area contributed by atoms with Crippen LogP contribution in [0.1, 0.15) is 26.7 Å². The molecule has 0 nitrogen and oxygen atoms in total. The lowest BCUT2D eigenvalue weighted by atomic mass is 10.3. The van der Waals surface area contributed by atoms with Crippen LogP contribution >= 0.6 is 33.2 Å². The zero-order chi connectivity index (χ0) is 7.82. The number of hydrogen-bond donors (Lipinski definition) is 0. The summed E-state index contributed by atoms with van der Waals surface area (Å²) in [6.45, 7) is 4.41. The Labute approximate surface area is 76.9 Å². The van der Waals surface area contributed by atoms with Gasteiger partial charge in [-0.25, -0.2) is 0 Å². The zero-order valence-electron chi connectivity index (χ0n) is 6.60. The predicted octanol–water partition coefficient (Wildman–Crippen LogP) is 3.80. The zero-order valence-corrected chi connectivity index (χ0v) is 8.99. The van der Waals surface area contributed by atoms with Gasteiger partial charge in [0.25, 0.3) is 0 Å². The minimum absolute atomic E-state index is 0.766. The molecule has 0 aliphatic carbocycles. The quantitative estimate of drug-likeness (QED) is 0.471. The fourth-order valence-corrected chi connectivity index (χ4v) is 3.36. The van der Waals surface area contributed by atoms with E-state index >= 15 is 0 Å². The molecular weight excluding hydrogens is 184 g/mol. The lowest BCUT2D eigenvalue weighted by Gasteiger charge is -2.09. The monoisotopic (exact) mass is 198 g/mol. The molecule has 0 aromatic heterocycles. The van der Waals surface area contributed by atoms with Crippen molar-refractivity contribution in [3.8, 4) is 0 Å². The van der Waals surface area contributed by atoms with Gasteiger partial charge in [0.1, 0.15) is 0 Å².